The van der Waals surface area contributed by atoms with Gasteiger partial charge in [0.1, 0.15) is 0 Å². The lowest BCUT2D eigenvalue weighted by Gasteiger charge is -2.26. The number of hydrogen-bond acceptors (Lipinski definition) is 3. The first-order valence-corrected chi connectivity index (χ1v) is 6.64. The van der Waals surface area contributed by atoms with Crippen LogP contribution in [0.5, 0.6) is 0 Å². The van der Waals surface area contributed by atoms with E-state index in [4.69, 9.17) is 0 Å². The maximum Gasteiger partial charge on any atom is 0.0583 e. The van der Waals surface area contributed by atoms with E-state index in [2.05, 4.69) is 6.92 Å². The van der Waals surface area contributed by atoms with Crippen molar-refractivity contribution < 1.29 is 13.9 Å². The van der Waals surface area contributed by atoms with E-state index in [1.807, 2.05) is 6.92 Å². The molecule has 4 unspecified atom stereocenters. The first-order chi connectivity index (χ1) is 7.08. The van der Waals surface area contributed by atoms with Crippen LogP contribution >= 0.6 is 0 Å². The van der Waals surface area contributed by atoms with Crippen molar-refractivity contribution in [2.24, 2.45) is 11.8 Å². The molecule has 90 valence electrons. The van der Waals surface area contributed by atoms with Gasteiger partial charge in [0.2, 0.25) is 0 Å². The highest BCUT2D eigenvalue weighted by Crippen LogP contribution is 2.33. The van der Waals surface area contributed by atoms with Gasteiger partial charge in [0.15, 0.2) is 0 Å². The fourth-order valence-electron chi connectivity index (χ4n) is 2.30. The monoisotopic (exact) mass is 234 g/mol. The minimum atomic E-state index is -2.16. The second-order valence-electron chi connectivity index (χ2n) is 4.27. The van der Waals surface area contributed by atoms with Gasteiger partial charge >= 0.3 is 0 Å². The van der Waals surface area contributed by atoms with Crippen LogP contribution in [-0.2, 0) is 11.3 Å². The summed E-state index contributed by atoms with van der Waals surface area (Å²) in [6.07, 6.45) is 2.52. The van der Waals surface area contributed by atoms with Gasteiger partial charge < -0.3 is 9.66 Å². The van der Waals surface area contributed by atoms with Crippen molar-refractivity contribution in [3.8, 4) is 0 Å². The van der Waals surface area contributed by atoms with E-state index < -0.39 is 11.3 Å². The Bertz CT molecular complexity index is 225. The van der Waals surface area contributed by atoms with Crippen molar-refractivity contribution >= 4 is 11.3 Å². The molecule has 0 bridgehead atoms. The Morgan fingerprint density at radius 3 is 2.53 bits per heavy atom. The van der Waals surface area contributed by atoms with Crippen LogP contribution in [0.2, 0.25) is 0 Å². The molecule has 0 aromatic rings. The number of aliphatic hydroxyl groups excluding tert-OH is 1. The van der Waals surface area contributed by atoms with Crippen LogP contribution in [0.1, 0.15) is 33.1 Å². The second kappa shape index (κ2) is 5.94. The maximum atomic E-state index is 10.8. The fourth-order valence-corrected chi connectivity index (χ4v) is 2.83. The summed E-state index contributed by atoms with van der Waals surface area (Å²) in [7, 11) is 0. The lowest BCUT2D eigenvalue weighted by atomic mass is 10.0. The SMILES string of the molecule is CCC1CC(O)C(CN(CC)S(=O)[O-])C1. The standard InChI is InChI=1S/C10H21NO3S/c1-3-8-5-9(10(12)6-8)7-11(4-2)15(13)14/h8-10,12H,3-7H2,1-2H3,(H,13,14)/p-1. The molecule has 0 saturated heterocycles. The Labute approximate surface area is 94.1 Å². The third kappa shape index (κ3) is 3.52. The highest BCUT2D eigenvalue weighted by Gasteiger charge is 2.32. The van der Waals surface area contributed by atoms with Crippen molar-refractivity contribution in [3.63, 3.8) is 0 Å². The average Bonchev–Trinajstić information content (AvgIpc) is 2.55. The molecule has 0 spiro atoms. The lowest BCUT2D eigenvalue weighted by Crippen LogP contribution is -2.33. The number of hydrogen-bond donors (Lipinski definition) is 1. The molecule has 1 aliphatic rings. The average molecular weight is 234 g/mol. The summed E-state index contributed by atoms with van der Waals surface area (Å²) in [5, 5.41) is 9.79. The van der Waals surface area contributed by atoms with Gasteiger partial charge in [-0.1, -0.05) is 20.3 Å². The molecule has 1 saturated carbocycles. The molecule has 1 aliphatic carbocycles. The Kier molecular flexibility index (Phi) is 5.18. The summed E-state index contributed by atoms with van der Waals surface area (Å²) in [6.45, 7) is 4.87. The van der Waals surface area contributed by atoms with Crippen molar-refractivity contribution in [1.82, 2.24) is 4.31 Å². The van der Waals surface area contributed by atoms with Crippen molar-refractivity contribution in [2.75, 3.05) is 13.1 Å². The highest BCUT2D eigenvalue weighted by molar-refractivity contribution is 7.76. The van der Waals surface area contributed by atoms with Gasteiger partial charge in [0.05, 0.1) is 6.10 Å². The second-order valence-corrected chi connectivity index (χ2v) is 5.22. The van der Waals surface area contributed by atoms with Crippen molar-refractivity contribution in [1.29, 1.82) is 0 Å². The van der Waals surface area contributed by atoms with Crippen LogP contribution < -0.4 is 0 Å². The van der Waals surface area contributed by atoms with E-state index in [0.717, 1.165) is 19.3 Å². The number of rotatable bonds is 5. The van der Waals surface area contributed by atoms with Crippen LogP contribution in [0.4, 0.5) is 0 Å². The zero-order valence-electron chi connectivity index (χ0n) is 9.39. The van der Waals surface area contributed by atoms with Crippen LogP contribution in [-0.4, -0.2) is 37.4 Å². The topological polar surface area (TPSA) is 63.6 Å². The molecule has 0 amide bonds. The van der Waals surface area contributed by atoms with Gasteiger partial charge in [-0.05, 0) is 24.7 Å². The molecule has 4 nitrogen and oxygen atoms in total. The first kappa shape index (κ1) is 13.1. The molecule has 1 fully saturated rings. The smallest absolute Gasteiger partial charge is 0.0583 e. The van der Waals surface area contributed by atoms with E-state index in [0.29, 0.717) is 19.0 Å². The summed E-state index contributed by atoms with van der Waals surface area (Å²) in [6, 6.07) is 0. The minimum absolute atomic E-state index is 0.118. The zero-order valence-corrected chi connectivity index (χ0v) is 10.2. The fraction of sp³-hybridized carbons (Fsp3) is 1.00. The molecule has 0 heterocycles. The van der Waals surface area contributed by atoms with Gasteiger partial charge in [0.25, 0.3) is 0 Å². The minimum Gasteiger partial charge on any atom is -0.760 e. The largest absolute Gasteiger partial charge is 0.760 e. The Balaban J connectivity index is 2.47. The number of aliphatic hydroxyl groups is 1. The highest BCUT2D eigenvalue weighted by atomic mass is 32.2. The first-order valence-electron chi connectivity index (χ1n) is 5.60. The molecule has 1 rings (SSSR count). The summed E-state index contributed by atoms with van der Waals surface area (Å²) >= 11 is -2.16. The van der Waals surface area contributed by atoms with Crippen LogP contribution in [0.15, 0.2) is 0 Å². The van der Waals surface area contributed by atoms with Crippen LogP contribution in [0.25, 0.3) is 0 Å². The van der Waals surface area contributed by atoms with Gasteiger partial charge in [0, 0.05) is 24.4 Å². The molecule has 0 aromatic heterocycles. The van der Waals surface area contributed by atoms with E-state index in [1.165, 1.54) is 4.31 Å². The Morgan fingerprint density at radius 1 is 1.47 bits per heavy atom. The van der Waals surface area contributed by atoms with E-state index in [9.17, 15) is 13.9 Å². The summed E-state index contributed by atoms with van der Waals surface area (Å²) in [5.74, 6) is 0.677. The van der Waals surface area contributed by atoms with Crippen molar-refractivity contribution in [2.45, 2.75) is 39.2 Å². The number of nitrogens with zero attached hydrogens (tertiary/aromatic N) is 1. The van der Waals surface area contributed by atoms with Crippen LogP contribution in [0.3, 0.4) is 0 Å². The molecular weight excluding hydrogens is 214 g/mol. The maximum absolute atomic E-state index is 10.8. The van der Waals surface area contributed by atoms with E-state index in [1.54, 1.807) is 0 Å². The van der Waals surface area contributed by atoms with Gasteiger partial charge in [-0.3, -0.25) is 4.21 Å². The lowest BCUT2D eigenvalue weighted by molar-refractivity contribution is 0.119. The van der Waals surface area contributed by atoms with Gasteiger partial charge in [-0.15, -0.1) is 0 Å². The third-order valence-corrected chi connectivity index (χ3v) is 4.16. The van der Waals surface area contributed by atoms with Gasteiger partial charge in [-0.25, -0.2) is 4.31 Å². The van der Waals surface area contributed by atoms with E-state index in [-0.39, 0.29) is 12.0 Å². The quantitative estimate of drug-likeness (QED) is 0.719. The molecule has 0 aliphatic heterocycles. The molecule has 15 heavy (non-hydrogen) atoms. The normalized spacial score (nSPS) is 33.5. The zero-order chi connectivity index (χ0) is 11.4. The Morgan fingerprint density at radius 2 is 2.13 bits per heavy atom. The van der Waals surface area contributed by atoms with Gasteiger partial charge in [-0.2, -0.15) is 0 Å². The predicted octanol–water partition coefficient (Wildman–Crippen LogP) is 0.899. The molecule has 1 N–H and O–H groups in total. The molecule has 0 radical (unpaired) electrons. The van der Waals surface area contributed by atoms with Crippen molar-refractivity contribution in [3.05, 3.63) is 0 Å². The summed E-state index contributed by atoms with van der Waals surface area (Å²) in [4.78, 5) is 0. The molecule has 4 atom stereocenters. The molecule has 0 aromatic carbocycles. The molecular formula is C10H20NO3S-. The Hall–Kier alpha value is 0.0300. The molecule has 5 heteroatoms. The van der Waals surface area contributed by atoms with Crippen LogP contribution in [0, 0.1) is 11.8 Å². The third-order valence-electron chi connectivity index (χ3n) is 3.33. The summed E-state index contributed by atoms with van der Waals surface area (Å²) < 4.78 is 23.0. The summed E-state index contributed by atoms with van der Waals surface area (Å²) in [5.41, 5.74) is 0. The van der Waals surface area contributed by atoms with E-state index >= 15 is 0 Å². The predicted molar refractivity (Wildman–Crippen MR) is 58.7 cm³/mol.